The summed E-state index contributed by atoms with van der Waals surface area (Å²) in [6.07, 6.45) is 0.295. The summed E-state index contributed by atoms with van der Waals surface area (Å²) < 4.78 is 0. The lowest BCUT2D eigenvalue weighted by Gasteiger charge is -2.29. The number of amides is 2. The average molecular weight is 338 g/mol. The number of hydrogen-bond donors (Lipinski definition) is 1. The van der Waals surface area contributed by atoms with Gasteiger partial charge >= 0.3 is 0 Å². The lowest BCUT2D eigenvalue weighted by Crippen LogP contribution is -2.48. The molecule has 0 aliphatic rings. The van der Waals surface area contributed by atoms with Crippen LogP contribution in [0.5, 0.6) is 0 Å². The van der Waals surface area contributed by atoms with Gasteiger partial charge in [-0.3, -0.25) is 9.59 Å². The van der Waals surface area contributed by atoms with Crippen LogP contribution in [0.15, 0.2) is 54.6 Å². The van der Waals surface area contributed by atoms with E-state index < -0.39 is 6.04 Å². The Hall–Kier alpha value is -2.62. The van der Waals surface area contributed by atoms with Crippen molar-refractivity contribution in [1.29, 1.82) is 0 Å². The topological polar surface area (TPSA) is 49.4 Å². The summed E-state index contributed by atoms with van der Waals surface area (Å²) in [5, 5.41) is 2.81. The van der Waals surface area contributed by atoms with Crippen LogP contribution < -0.4 is 5.32 Å². The normalized spacial score (nSPS) is 11.6. The Labute approximate surface area is 149 Å². The number of likely N-dealkylation sites (N-methyl/N-ethyl adjacent to an activating group) is 1. The van der Waals surface area contributed by atoms with Crippen molar-refractivity contribution in [3.05, 3.63) is 71.3 Å². The zero-order valence-corrected chi connectivity index (χ0v) is 15.2. The largest absolute Gasteiger partial charge is 0.355 e. The number of hydrogen-bond acceptors (Lipinski definition) is 2. The van der Waals surface area contributed by atoms with Gasteiger partial charge in [-0.15, -0.1) is 0 Å². The van der Waals surface area contributed by atoms with Crippen LogP contribution in [0.3, 0.4) is 0 Å². The van der Waals surface area contributed by atoms with Gasteiger partial charge in [0.25, 0.3) is 0 Å². The van der Waals surface area contributed by atoms with Crippen LogP contribution in [-0.2, 0) is 22.6 Å². The molecule has 2 amide bonds. The standard InChI is InChI=1S/C21H26N2O2/c1-4-22-21(25)17(3)23(15-18-11-6-5-7-12-18)20(24)14-19-13-9-8-10-16(19)2/h5-13,17H,4,14-15H2,1-3H3,(H,22,25)/t17-/m0/s1. The highest BCUT2D eigenvalue weighted by Crippen LogP contribution is 2.14. The van der Waals surface area contributed by atoms with E-state index in [4.69, 9.17) is 0 Å². The van der Waals surface area contributed by atoms with E-state index >= 15 is 0 Å². The van der Waals surface area contributed by atoms with Crippen LogP contribution in [0.4, 0.5) is 0 Å². The number of nitrogens with zero attached hydrogens (tertiary/aromatic N) is 1. The van der Waals surface area contributed by atoms with Gasteiger partial charge in [0.2, 0.25) is 11.8 Å². The minimum absolute atomic E-state index is 0.0445. The highest BCUT2D eigenvalue weighted by atomic mass is 16.2. The second-order valence-electron chi connectivity index (χ2n) is 6.18. The molecule has 0 bridgehead atoms. The number of nitrogens with one attached hydrogen (secondary N) is 1. The fourth-order valence-electron chi connectivity index (χ4n) is 2.76. The molecule has 0 aromatic heterocycles. The van der Waals surface area contributed by atoms with Gasteiger partial charge in [0.1, 0.15) is 6.04 Å². The van der Waals surface area contributed by atoms with Crippen molar-refractivity contribution in [2.45, 2.75) is 39.8 Å². The molecule has 4 heteroatoms. The van der Waals surface area contributed by atoms with Crippen LogP contribution in [0.1, 0.15) is 30.5 Å². The molecule has 0 saturated heterocycles. The first kappa shape index (κ1) is 18.7. The summed E-state index contributed by atoms with van der Waals surface area (Å²) in [7, 11) is 0. The number of benzene rings is 2. The van der Waals surface area contributed by atoms with Crippen molar-refractivity contribution in [1.82, 2.24) is 10.2 Å². The Morgan fingerprint density at radius 1 is 1.04 bits per heavy atom. The number of carbonyl (C=O) groups excluding carboxylic acids is 2. The molecule has 0 heterocycles. The minimum atomic E-state index is -0.517. The first-order valence-corrected chi connectivity index (χ1v) is 8.68. The van der Waals surface area contributed by atoms with Crippen LogP contribution in [0, 0.1) is 6.92 Å². The Morgan fingerprint density at radius 3 is 2.32 bits per heavy atom. The molecule has 0 aliphatic carbocycles. The first-order chi connectivity index (χ1) is 12.0. The molecule has 25 heavy (non-hydrogen) atoms. The van der Waals surface area contributed by atoms with E-state index in [9.17, 15) is 9.59 Å². The fraction of sp³-hybridized carbons (Fsp3) is 0.333. The zero-order chi connectivity index (χ0) is 18.2. The Balaban J connectivity index is 2.22. The average Bonchev–Trinajstić information content (AvgIpc) is 2.62. The van der Waals surface area contributed by atoms with Crippen molar-refractivity contribution in [3.8, 4) is 0 Å². The summed E-state index contributed by atoms with van der Waals surface area (Å²) in [6, 6.07) is 17.1. The molecule has 2 rings (SSSR count). The third-order valence-corrected chi connectivity index (χ3v) is 4.32. The maximum absolute atomic E-state index is 13.0. The molecule has 0 saturated carbocycles. The monoisotopic (exact) mass is 338 g/mol. The third kappa shape index (κ3) is 5.18. The molecule has 2 aromatic carbocycles. The zero-order valence-electron chi connectivity index (χ0n) is 15.2. The predicted octanol–water partition coefficient (Wildman–Crippen LogP) is 3.09. The van der Waals surface area contributed by atoms with Crippen LogP contribution in [-0.4, -0.2) is 29.3 Å². The molecule has 1 N–H and O–H groups in total. The van der Waals surface area contributed by atoms with E-state index in [2.05, 4.69) is 5.32 Å². The van der Waals surface area contributed by atoms with Gasteiger partial charge in [-0.25, -0.2) is 0 Å². The maximum atomic E-state index is 13.0. The lowest BCUT2D eigenvalue weighted by molar-refractivity contribution is -0.140. The quantitative estimate of drug-likeness (QED) is 0.843. The summed E-state index contributed by atoms with van der Waals surface area (Å²) in [5.74, 6) is -0.173. The fourth-order valence-corrected chi connectivity index (χ4v) is 2.76. The Bertz CT molecular complexity index is 713. The van der Waals surface area contributed by atoms with Gasteiger partial charge in [0.05, 0.1) is 6.42 Å². The van der Waals surface area contributed by atoms with E-state index in [-0.39, 0.29) is 11.8 Å². The number of carbonyl (C=O) groups is 2. The Morgan fingerprint density at radius 2 is 1.68 bits per heavy atom. The predicted molar refractivity (Wildman–Crippen MR) is 100 cm³/mol. The van der Waals surface area contributed by atoms with Gasteiger partial charge in [0.15, 0.2) is 0 Å². The van der Waals surface area contributed by atoms with E-state index in [1.807, 2.05) is 68.4 Å². The van der Waals surface area contributed by atoms with E-state index in [1.54, 1.807) is 11.8 Å². The second-order valence-corrected chi connectivity index (χ2v) is 6.18. The van der Waals surface area contributed by atoms with E-state index in [1.165, 1.54) is 0 Å². The molecule has 1 atom stereocenters. The highest BCUT2D eigenvalue weighted by Gasteiger charge is 2.26. The second kappa shape index (κ2) is 9.02. The van der Waals surface area contributed by atoms with Gasteiger partial charge in [0, 0.05) is 13.1 Å². The van der Waals surface area contributed by atoms with Crippen molar-refractivity contribution in [2.24, 2.45) is 0 Å². The molecule has 0 radical (unpaired) electrons. The van der Waals surface area contributed by atoms with Crippen molar-refractivity contribution in [2.75, 3.05) is 6.54 Å². The summed E-state index contributed by atoms with van der Waals surface area (Å²) in [6.45, 7) is 6.63. The van der Waals surface area contributed by atoms with Crippen molar-refractivity contribution < 1.29 is 9.59 Å². The van der Waals surface area contributed by atoms with E-state index in [0.717, 1.165) is 16.7 Å². The third-order valence-electron chi connectivity index (χ3n) is 4.32. The summed E-state index contributed by atoms with van der Waals surface area (Å²) in [4.78, 5) is 26.9. The molecule has 0 unspecified atom stereocenters. The number of aryl methyl sites for hydroxylation is 1. The molecule has 4 nitrogen and oxygen atoms in total. The van der Waals surface area contributed by atoms with Gasteiger partial charge < -0.3 is 10.2 Å². The van der Waals surface area contributed by atoms with Gasteiger partial charge in [-0.05, 0) is 37.5 Å². The van der Waals surface area contributed by atoms with Crippen LogP contribution in [0.25, 0.3) is 0 Å². The highest BCUT2D eigenvalue weighted by molar-refractivity contribution is 5.88. The molecule has 0 aliphatic heterocycles. The summed E-state index contributed by atoms with van der Waals surface area (Å²) in [5.41, 5.74) is 3.09. The van der Waals surface area contributed by atoms with Crippen molar-refractivity contribution >= 4 is 11.8 Å². The molecule has 0 fully saturated rings. The minimum Gasteiger partial charge on any atom is -0.355 e. The molecule has 0 spiro atoms. The number of rotatable bonds is 7. The van der Waals surface area contributed by atoms with E-state index in [0.29, 0.717) is 19.5 Å². The molecular weight excluding hydrogens is 312 g/mol. The molecular formula is C21H26N2O2. The Kier molecular flexibility index (Phi) is 6.75. The SMILES string of the molecule is CCNC(=O)[C@H](C)N(Cc1ccccc1)C(=O)Cc1ccccc1C. The first-order valence-electron chi connectivity index (χ1n) is 8.68. The molecule has 132 valence electrons. The van der Waals surface area contributed by atoms with Gasteiger partial charge in [-0.1, -0.05) is 54.6 Å². The molecule has 2 aromatic rings. The van der Waals surface area contributed by atoms with Crippen LogP contribution >= 0.6 is 0 Å². The maximum Gasteiger partial charge on any atom is 0.242 e. The smallest absolute Gasteiger partial charge is 0.242 e. The van der Waals surface area contributed by atoms with Crippen molar-refractivity contribution in [3.63, 3.8) is 0 Å². The summed E-state index contributed by atoms with van der Waals surface area (Å²) >= 11 is 0. The lowest BCUT2D eigenvalue weighted by atomic mass is 10.0. The van der Waals surface area contributed by atoms with Gasteiger partial charge in [-0.2, -0.15) is 0 Å². The van der Waals surface area contributed by atoms with Crippen LogP contribution in [0.2, 0.25) is 0 Å².